The minimum absolute atomic E-state index is 0.0300. The molecule has 0 spiro atoms. The maximum atomic E-state index is 5.93. The van der Waals surface area contributed by atoms with Crippen LogP contribution in [0.4, 0.5) is 5.69 Å². The zero-order valence-electron chi connectivity index (χ0n) is 9.09. The molecule has 0 aliphatic heterocycles. The lowest BCUT2D eigenvalue weighted by Gasteiger charge is -2.17. The van der Waals surface area contributed by atoms with Crippen molar-refractivity contribution in [3.8, 4) is 0 Å². The van der Waals surface area contributed by atoms with Crippen molar-refractivity contribution in [3.63, 3.8) is 0 Å². The van der Waals surface area contributed by atoms with Crippen molar-refractivity contribution in [2.24, 2.45) is 0 Å². The van der Waals surface area contributed by atoms with Crippen molar-refractivity contribution in [1.82, 2.24) is 15.3 Å². The van der Waals surface area contributed by atoms with Gasteiger partial charge in [-0.15, -0.1) is 0 Å². The molecule has 16 heavy (non-hydrogen) atoms. The smallest absolute Gasteiger partial charge is 0.0625 e. The van der Waals surface area contributed by atoms with E-state index in [-0.39, 0.29) is 6.04 Å². The van der Waals surface area contributed by atoms with E-state index in [1.165, 1.54) is 0 Å². The first-order valence-electron chi connectivity index (χ1n) is 5.09. The first-order chi connectivity index (χ1) is 7.83. The van der Waals surface area contributed by atoms with Crippen LogP contribution in [0.5, 0.6) is 0 Å². The van der Waals surface area contributed by atoms with Crippen LogP contribution >= 0.6 is 0 Å². The van der Waals surface area contributed by atoms with Crippen molar-refractivity contribution in [2.45, 2.75) is 6.04 Å². The monoisotopic (exact) mass is 214 g/mol. The summed E-state index contributed by atoms with van der Waals surface area (Å²) in [5.41, 5.74) is 8.71. The number of nitrogens with two attached hydrogens (primary N) is 1. The standard InChI is InChI=1S/C12H14N4/c1-14-12(9-3-2-5-15-7-9)10-8-16-6-4-11(10)13/h2-8,12,14H,1H3,(H2,13,16). The largest absolute Gasteiger partial charge is 0.398 e. The van der Waals surface area contributed by atoms with E-state index in [2.05, 4.69) is 15.3 Å². The van der Waals surface area contributed by atoms with E-state index in [0.717, 1.165) is 16.8 Å². The normalized spacial score (nSPS) is 12.3. The molecule has 2 rings (SSSR count). The Bertz CT molecular complexity index is 456. The molecule has 0 aromatic carbocycles. The number of hydrogen-bond donors (Lipinski definition) is 2. The molecule has 2 heterocycles. The van der Waals surface area contributed by atoms with Crippen molar-refractivity contribution >= 4 is 5.69 Å². The van der Waals surface area contributed by atoms with Gasteiger partial charge in [-0.1, -0.05) is 6.07 Å². The lowest BCUT2D eigenvalue weighted by atomic mass is 10.0. The SMILES string of the molecule is CNC(c1cccnc1)c1cnccc1N. The van der Waals surface area contributed by atoms with E-state index in [4.69, 9.17) is 5.73 Å². The molecular weight excluding hydrogens is 200 g/mol. The van der Waals surface area contributed by atoms with Gasteiger partial charge in [-0.05, 0) is 24.7 Å². The van der Waals surface area contributed by atoms with Gasteiger partial charge in [0.05, 0.1) is 6.04 Å². The van der Waals surface area contributed by atoms with Gasteiger partial charge in [0, 0.05) is 36.0 Å². The number of nitrogen functional groups attached to an aromatic ring is 1. The van der Waals surface area contributed by atoms with Gasteiger partial charge >= 0.3 is 0 Å². The molecule has 3 N–H and O–H groups in total. The Labute approximate surface area is 94.5 Å². The number of anilines is 1. The zero-order valence-corrected chi connectivity index (χ0v) is 9.09. The molecule has 2 aromatic heterocycles. The van der Waals surface area contributed by atoms with Crippen LogP contribution in [0.1, 0.15) is 17.2 Å². The molecule has 0 saturated heterocycles. The second-order valence-electron chi connectivity index (χ2n) is 3.51. The van der Waals surface area contributed by atoms with E-state index < -0.39 is 0 Å². The van der Waals surface area contributed by atoms with Crippen LogP contribution in [0.25, 0.3) is 0 Å². The van der Waals surface area contributed by atoms with Crippen LogP contribution in [-0.2, 0) is 0 Å². The second kappa shape index (κ2) is 4.72. The second-order valence-corrected chi connectivity index (χ2v) is 3.51. The van der Waals surface area contributed by atoms with Crippen LogP contribution in [0, 0.1) is 0 Å². The summed E-state index contributed by atoms with van der Waals surface area (Å²) in [5, 5.41) is 3.22. The minimum Gasteiger partial charge on any atom is -0.398 e. The summed E-state index contributed by atoms with van der Waals surface area (Å²) in [7, 11) is 1.89. The average molecular weight is 214 g/mol. The number of nitrogens with one attached hydrogen (secondary N) is 1. The highest BCUT2D eigenvalue weighted by Crippen LogP contribution is 2.24. The highest BCUT2D eigenvalue weighted by Gasteiger charge is 2.14. The van der Waals surface area contributed by atoms with Crippen LogP contribution in [0.3, 0.4) is 0 Å². The summed E-state index contributed by atoms with van der Waals surface area (Å²) >= 11 is 0. The topological polar surface area (TPSA) is 63.8 Å². The van der Waals surface area contributed by atoms with E-state index in [1.807, 2.05) is 25.4 Å². The third kappa shape index (κ3) is 2.01. The fourth-order valence-corrected chi connectivity index (χ4v) is 1.71. The molecule has 0 bridgehead atoms. The highest BCUT2D eigenvalue weighted by atomic mass is 14.9. The maximum Gasteiger partial charge on any atom is 0.0625 e. The Balaban J connectivity index is 2.41. The molecule has 0 aliphatic rings. The number of nitrogens with zero attached hydrogens (tertiary/aromatic N) is 2. The minimum atomic E-state index is 0.0300. The van der Waals surface area contributed by atoms with Crippen LogP contribution in [-0.4, -0.2) is 17.0 Å². The van der Waals surface area contributed by atoms with E-state index in [1.54, 1.807) is 24.7 Å². The fraction of sp³-hybridized carbons (Fsp3) is 0.167. The van der Waals surface area contributed by atoms with Gasteiger partial charge in [-0.2, -0.15) is 0 Å². The van der Waals surface area contributed by atoms with Gasteiger partial charge in [-0.3, -0.25) is 9.97 Å². The molecule has 0 amide bonds. The molecule has 1 atom stereocenters. The molecule has 1 unspecified atom stereocenters. The molecule has 4 nitrogen and oxygen atoms in total. The molecule has 4 heteroatoms. The zero-order chi connectivity index (χ0) is 11.4. The first-order valence-corrected chi connectivity index (χ1v) is 5.09. The van der Waals surface area contributed by atoms with Crippen molar-refractivity contribution < 1.29 is 0 Å². The molecule has 82 valence electrons. The lowest BCUT2D eigenvalue weighted by molar-refractivity contribution is 0.688. The maximum absolute atomic E-state index is 5.93. The highest BCUT2D eigenvalue weighted by molar-refractivity contribution is 5.49. The third-order valence-corrected chi connectivity index (χ3v) is 2.50. The van der Waals surface area contributed by atoms with Crippen LogP contribution in [0.15, 0.2) is 43.0 Å². The summed E-state index contributed by atoms with van der Waals surface area (Å²) in [6.45, 7) is 0. The van der Waals surface area contributed by atoms with E-state index >= 15 is 0 Å². The Kier molecular flexibility index (Phi) is 3.12. The van der Waals surface area contributed by atoms with Gasteiger partial charge in [0.15, 0.2) is 0 Å². The summed E-state index contributed by atoms with van der Waals surface area (Å²) in [6, 6.07) is 5.76. The predicted octanol–water partition coefficient (Wildman–Crippen LogP) is 1.37. The number of aromatic nitrogens is 2. The summed E-state index contributed by atoms with van der Waals surface area (Å²) in [6.07, 6.45) is 7.05. The predicted molar refractivity (Wildman–Crippen MR) is 63.8 cm³/mol. The van der Waals surface area contributed by atoms with Gasteiger partial charge in [-0.25, -0.2) is 0 Å². The first kappa shape index (κ1) is 10.6. The Hall–Kier alpha value is -1.94. The summed E-state index contributed by atoms with van der Waals surface area (Å²) in [5.74, 6) is 0. The van der Waals surface area contributed by atoms with E-state index in [0.29, 0.717) is 0 Å². The summed E-state index contributed by atoms with van der Waals surface area (Å²) in [4.78, 5) is 8.21. The number of hydrogen-bond acceptors (Lipinski definition) is 4. The van der Waals surface area contributed by atoms with Crippen molar-refractivity contribution in [2.75, 3.05) is 12.8 Å². The Morgan fingerprint density at radius 1 is 1.19 bits per heavy atom. The Morgan fingerprint density at radius 2 is 2.00 bits per heavy atom. The molecule has 0 fully saturated rings. The van der Waals surface area contributed by atoms with Gasteiger partial charge in [0.1, 0.15) is 0 Å². The lowest BCUT2D eigenvalue weighted by Crippen LogP contribution is -2.19. The fourth-order valence-electron chi connectivity index (χ4n) is 1.71. The van der Waals surface area contributed by atoms with Gasteiger partial charge in [0.25, 0.3) is 0 Å². The van der Waals surface area contributed by atoms with Gasteiger partial charge in [0.2, 0.25) is 0 Å². The third-order valence-electron chi connectivity index (χ3n) is 2.50. The number of pyridine rings is 2. The Morgan fingerprint density at radius 3 is 2.62 bits per heavy atom. The molecular formula is C12H14N4. The van der Waals surface area contributed by atoms with Crippen molar-refractivity contribution in [1.29, 1.82) is 0 Å². The molecule has 0 aliphatic carbocycles. The molecule has 2 aromatic rings. The molecule has 0 saturated carbocycles. The van der Waals surface area contributed by atoms with E-state index in [9.17, 15) is 0 Å². The van der Waals surface area contributed by atoms with Crippen LogP contribution in [0.2, 0.25) is 0 Å². The van der Waals surface area contributed by atoms with Gasteiger partial charge < -0.3 is 11.1 Å². The average Bonchev–Trinajstić information content (AvgIpc) is 2.34. The number of rotatable bonds is 3. The quantitative estimate of drug-likeness (QED) is 0.810. The summed E-state index contributed by atoms with van der Waals surface area (Å²) < 4.78 is 0. The molecule has 0 radical (unpaired) electrons. The van der Waals surface area contributed by atoms with Crippen LogP contribution < -0.4 is 11.1 Å². The van der Waals surface area contributed by atoms with Crippen molar-refractivity contribution in [3.05, 3.63) is 54.1 Å².